The summed E-state index contributed by atoms with van der Waals surface area (Å²) in [6, 6.07) is 8.18. The van der Waals surface area contributed by atoms with Gasteiger partial charge < -0.3 is 19.7 Å². The molecule has 1 fully saturated rings. The number of ether oxygens (including phenoxy) is 2. The first-order chi connectivity index (χ1) is 15.0. The zero-order valence-corrected chi connectivity index (χ0v) is 19.5. The molecule has 0 aliphatic carbocycles. The molecule has 0 radical (unpaired) electrons. The molecule has 8 nitrogen and oxygen atoms in total. The monoisotopic (exact) mass is 447 g/mol. The molecule has 1 aromatic heterocycles. The third-order valence-electron chi connectivity index (χ3n) is 5.26. The molecule has 0 saturated carbocycles. The Balaban J connectivity index is 1.48. The van der Waals surface area contributed by atoms with E-state index in [1.165, 1.54) is 11.5 Å². The number of morpholine rings is 1. The lowest BCUT2D eigenvalue weighted by molar-refractivity contribution is -0.121. The third-order valence-corrected chi connectivity index (χ3v) is 6.05. The van der Waals surface area contributed by atoms with Crippen molar-refractivity contribution in [2.75, 3.05) is 57.9 Å². The van der Waals surface area contributed by atoms with Crippen molar-refractivity contribution in [3.05, 3.63) is 35.7 Å². The average Bonchev–Trinajstić information content (AvgIpc) is 3.22. The van der Waals surface area contributed by atoms with Gasteiger partial charge in [0.2, 0.25) is 11.0 Å². The molecule has 1 amide bonds. The molecule has 1 N–H and O–H groups in total. The van der Waals surface area contributed by atoms with Crippen molar-refractivity contribution >= 4 is 22.6 Å². The van der Waals surface area contributed by atoms with Crippen molar-refractivity contribution in [1.82, 2.24) is 19.6 Å². The molecule has 0 atom stereocenters. The van der Waals surface area contributed by atoms with Crippen LogP contribution in [-0.2, 0) is 16.0 Å². The van der Waals surface area contributed by atoms with E-state index in [2.05, 4.69) is 33.3 Å². The van der Waals surface area contributed by atoms with E-state index in [-0.39, 0.29) is 11.9 Å². The van der Waals surface area contributed by atoms with E-state index >= 15 is 0 Å². The highest BCUT2D eigenvalue weighted by Gasteiger charge is 2.18. The maximum Gasteiger partial charge on any atom is 0.221 e. The third kappa shape index (κ3) is 7.45. The van der Waals surface area contributed by atoms with E-state index < -0.39 is 0 Å². The topological polar surface area (TPSA) is 79.8 Å². The number of anilines is 1. The van der Waals surface area contributed by atoms with Crippen molar-refractivity contribution in [2.45, 2.75) is 32.7 Å². The molecule has 1 aliphatic rings. The van der Waals surface area contributed by atoms with Crippen LogP contribution < -0.4 is 15.0 Å². The second-order valence-corrected chi connectivity index (χ2v) is 8.59. The normalized spacial score (nSPS) is 14.6. The molecule has 1 aliphatic heterocycles. The highest BCUT2D eigenvalue weighted by atomic mass is 32.1. The van der Waals surface area contributed by atoms with Crippen LogP contribution in [0.3, 0.4) is 0 Å². The Bertz CT molecular complexity index is 823. The molecule has 0 unspecified atom stereocenters. The second kappa shape index (κ2) is 12.0. The fourth-order valence-electron chi connectivity index (χ4n) is 3.46. The summed E-state index contributed by atoms with van der Waals surface area (Å²) in [7, 11) is 1.66. The van der Waals surface area contributed by atoms with Crippen LogP contribution in [0.4, 0.5) is 5.13 Å². The number of amides is 1. The van der Waals surface area contributed by atoms with E-state index in [0.717, 1.165) is 55.1 Å². The van der Waals surface area contributed by atoms with Gasteiger partial charge >= 0.3 is 0 Å². The van der Waals surface area contributed by atoms with Gasteiger partial charge in [-0.2, -0.15) is 4.37 Å². The summed E-state index contributed by atoms with van der Waals surface area (Å²) in [6.07, 6.45) is 1.09. The first kappa shape index (κ1) is 23.4. The maximum absolute atomic E-state index is 12.3. The number of hydrogen-bond acceptors (Lipinski definition) is 8. The molecule has 3 rings (SSSR count). The lowest BCUT2D eigenvalue weighted by Crippen LogP contribution is -2.42. The fourth-order valence-corrected chi connectivity index (χ4v) is 4.31. The SMILES string of the molecule is COc1cccc(Cc2nsc(N(CCC(=O)NCCN3CCOCC3)C(C)C)n2)c1. The molecule has 1 saturated heterocycles. The van der Waals surface area contributed by atoms with Crippen LogP contribution in [0.25, 0.3) is 0 Å². The smallest absolute Gasteiger partial charge is 0.221 e. The van der Waals surface area contributed by atoms with Gasteiger partial charge in [-0.05, 0) is 31.5 Å². The Labute approximate surface area is 188 Å². The number of nitrogens with zero attached hydrogens (tertiary/aromatic N) is 4. The number of hydrogen-bond donors (Lipinski definition) is 1. The van der Waals surface area contributed by atoms with Crippen LogP contribution in [0.15, 0.2) is 24.3 Å². The van der Waals surface area contributed by atoms with Gasteiger partial charge in [0.1, 0.15) is 11.6 Å². The standard InChI is InChI=1S/C22H33N5O3S/c1-17(2)27(9-7-21(28)23-8-10-26-11-13-30-14-12-26)22-24-20(25-31-22)16-18-5-4-6-19(15-18)29-3/h4-6,15,17H,7-14,16H2,1-3H3,(H,23,28). The minimum atomic E-state index is 0.0695. The predicted molar refractivity (Wildman–Crippen MR) is 123 cm³/mol. The van der Waals surface area contributed by atoms with Gasteiger partial charge in [0.25, 0.3) is 0 Å². The number of nitrogens with one attached hydrogen (secondary N) is 1. The summed E-state index contributed by atoms with van der Waals surface area (Å²) in [5.41, 5.74) is 1.11. The van der Waals surface area contributed by atoms with Crippen LogP contribution in [0.5, 0.6) is 5.75 Å². The lowest BCUT2D eigenvalue weighted by Gasteiger charge is -2.27. The van der Waals surface area contributed by atoms with Gasteiger partial charge in [0.05, 0.1) is 20.3 Å². The first-order valence-corrected chi connectivity index (χ1v) is 11.6. The first-order valence-electron chi connectivity index (χ1n) is 10.8. The van der Waals surface area contributed by atoms with Gasteiger partial charge in [-0.3, -0.25) is 9.69 Å². The second-order valence-electron chi connectivity index (χ2n) is 7.86. The van der Waals surface area contributed by atoms with Crippen LogP contribution in [0.2, 0.25) is 0 Å². The summed E-state index contributed by atoms with van der Waals surface area (Å²) in [6.45, 7) is 9.81. The summed E-state index contributed by atoms with van der Waals surface area (Å²) in [5.74, 6) is 1.69. The molecule has 0 spiro atoms. The van der Waals surface area contributed by atoms with E-state index in [1.54, 1.807) is 7.11 Å². The molecule has 1 aromatic carbocycles. The summed E-state index contributed by atoms with van der Waals surface area (Å²) < 4.78 is 15.2. The maximum atomic E-state index is 12.3. The highest BCUT2D eigenvalue weighted by Crippen LogP contribution is 2.22. The molecular formula is C22H33N5O3S. The van der Waals surface area contributed by atoms with Crippen LogP contribution in [0, 0.1) is 0 Å². The number of rotatable bonds is 11. The highest BCUT2D eigenvalue weighted by molar-refractivity contribution is 7.09. The van der Waals surface area contributed by atoms with Gasteiger partial charge in [-0.15, -0.1) is 0 Å². The van der Waals surface area contributed by atoms with Crippen molar-refractivity contribution in [1.29, 1.82) is 0 Å². The number of methoxy groups -OCH3 is 1. The molecule has 0 bridgehead atoms. The van der Waals surface area contributed by atoms with Crippen molar-refractivity contribution in [2.24, 2.45) is 0 Å². The Morgan fingerprint density at radius 2 is 2.16 bits per heavy atom. The predicted octanol–water partition coefficient (Wildman–Crippen LogP) is 2.19. The number of carbonyl (C=O) groups is 1. The fraction of sp³-hybridized carbons (Fsp3) is 0.591. The summed E-state index contributed by atoms with van der Waals surface area (Å²) >= 11 is 1.39. The van der Waals surface area contributed by atoms with E-state index in [1.807, 2.05) is 24.3 Å². The van der Waals surface area contributed by atoms with Crippen LogP contribution in [-0.4, -0.2) is 79.3 Å². The number of carbonyl (C=O) groups excluding carboxylic acids is 1. The Hall–Kier alpha value is -2.23. The lowest BCUT2D eigenvalue weighted by atomic mass is 10.1. The van der Waals surface area contributed by atoms with E-state index in [4.69, 9.17) is 14.5 Å². The molecule has 9 heteroatoms. The van der Waals surface area contributed by atoms with Gasteiger partial charge in [-0.1, -0.05) is 12.1 Å². The summed E-state index contributed by atoms with van der Waals surface area (Å²) in [5, 5.41) is 3.89. The van der Waals surface area contributed by atoms with Crippen molar-refractivity contribution in [3.8, 4) is 5.75 Å². The molecule has 2 heterocycles. The Morgan fingerprint density at radius 3 is 2.90 bits per heavy atom. The zero-order chi connectivity index (χ0) is 22.1. The van der Waals surface area contributed by atoms with Crippen molar-refractivity contribution in [3.63, 3.8) is 0 Å². The molecule has 170 valence electrons. The van der Waals surface area contributed by atoms with Crippen molar-refractivity contribution < 1.29 is 14.3 Å². The van der Waals surface area contributed by atoms with Gasteiger partial charge in [-0.25, -0.2) is 4.98 Å². The quantitative estimate of drug-likeness (QED) is 0.566. The summed E-state index contributed by atoms with van der Waals surface area (Å²) in [4.78, 5) is 21.5. The minimum Gasteiger partial charge on any atom is -0.497 e. The number of benzene rings is 1. The van der Waals surface area contributed by atoms with Crippen LogP contribution >= 0.6 is 11.5 Å². The molecule has 2 aromatic rings. The van der Waals surface area contributed by atoms with E-state index in [0.29, 0.717) is 25.9 Å². The van der Waals surface area contributed by atoms with E-state index in [9.17, 15) is 4.79 Å². The van der Waals surface area contributed by atoms with Gasteiger partial charge in [0.15, 0.2) is 0 Å². The number of aromatic nitrogens is 2. The Morgan fingerprint density at radius 1 is 1.35 bits per heavy atom. The molecule has 31 heavy (non-hydrogen) atoms. The molecular weight excluding hydrogens is 414 g/mol. The van der Waals surface area contributed by atoms with Crippen LogP contribution in [0.1, 0.15) is 31.7 Å². The zero-order valence-electron chi connectivity index (χ0n) is 18.7. The Kier molecular flexibility index (Phi) is 9.05. The van der Waals surface area contributed by atoms with Gasteiger partial charge in [0, 0.05) is 63.1 Å². The minimum absolute atomic E-state index is 0.0695. The largest absolute Gasteiger partial charge is 0.497 e. The average molecular weight is 448 g/mol.